The van der Waals surface area contributed by atoms with Crippen LogP contribution in [0.1, 0.15) is 23.3 Å². The summed E-state index contributed by atoms with van der Waals surface area (Å²) < 4.78 is 31.8. The van der Waals surface area contributed by atoms with E-state index in [4.69, 9.17) is 9.84 Å². The number of amides is 3. The predicted molar refractivity (Wildman–Crippen MR) is 120 cm³/mol. The average molecular weight is 490 g/mol. The van der Waals surface area contributed by atoms with Gasteiger partial charge in [-0.15, -0.1) is 0 Å². The largest absolute Gasteiger partial charge is 0.491 e. The highest BCUT2D eigenvalue weighted by Crippen LogP contribution is 2.42. The first kappa shape index (κ1) is 23.2. The number of hydrogen-bond donors (Lipinski definition) is 4. The van der Waals surface area contributed by atoms with Gasteiger partial charge in [0.05, 0.1) is 24.4 Å². The lowest BCUT2D eigenvalue weighted by Gasteiger charge is -2.35. The van der Waals surface area contributed by atoms with Gasteiger partial charge in [0.15, 0.2) is 5.82 Å². The van der Waals surface area contributed by atoms with Crippen molar-refractivity contribution in [2.45, 2.75) is 37.0 Å². The number of urea groups is 1. The lowest BCUT2D eigenvalue weighted by atomic mass is 10.1. The Kier molecular flexibility index (Phi) is 5.89. The molecule has 0 aromatic carbocycles. The SMILES string of the molecule is O=C(NC1CC1(F)F)c1ccc2c(n1)N(C(=O)Nc1cc(OCC(O)CO)ccn1)[C@H]1CCN2C1. The van der Waals surface area contributed by atoms with Crippen molar-refractivity contribution in [2.24, 2.45) is 0 Å². The van der Waals surface area contributed by atoms with Crippen LogP contribution in [0.5, 0.6) is 5.75 Å². The molecule has 13 heteroatoms. The number of ether oxygens (including phenoxy) is 1. The number of hydrogen-bond acceptors (Lipinski definition) is 8. The molecule has 2 aliphatic heterocycles. The van der Waals surface area contributed by atoms with Crippen LogP contribution in [-0.2, 0) is 0 Å². The second-order valence-corrected chi connectivity index (χ2v) is 8.74. The minimum Gasteiger partial charge on any atom is -0.491 e. The lowest BCUT2D eigenvalue weighted by molar-refractivity contribution is 0.0536. The van der Waals surface area contributed by atoms with E-state index in [-0.39, 0.29) is 30.0 Å². The fourth-order valence-corrected chi connectivity index (χ4v) is 4.18. The Morgan fingerprint density at radius 1 is 1.31 bits per heavy atom. The van der Waals surface area contributed by atoms with Crippen molar-refractivity contribution in [1.82, 2.24) is 15.3 Å². The van der Waals surface area contributed by atoms with Gasteiger partial charge in [-0.3, -0.25) is 15.0 Å². The monoisotopic (exact) mass is 490 g/mol. The second kappa shape index (κ2) is 8.89. The van der Waals surface area contributed by atoms with Crippen molar-refractivity contribution in [3.63, 3.8) is 0 Å². The number of rotatable bonds is 7. The molecule has 0 radical (unpaired) electrons. The number of anilines is 3. The summed E-state index contributed by atoms with van der Waals surface area (Å²) in [7, 11) is 0. The quantitative estimate of drug-likeness (QED) is 0.450. The molecule has 3 aliphatic rings. The number of carbonyl (C=O) groups excluding carboxylic acids is 2. The summed E-state index contributed by atoms with van der Waals surface area (Å²) in [6.07, 6.45) is 0.671. The Hall–Kier alpha value is -3.58. The van der Waals surface area contributed by atoms with E-state index in [1.54, 1.807) is 12.1 Å². The molecule has 3 amide bonds. The van der Waals surface area contributed by atoms with Crippen molar-refractivity contribution in [3.05, 3.63) is 36.2 Å². The third-order valence-electron chi connectivity index (χ3n) is 6.15. The number of nitrogens with zero attached hydrogens (tertiary/aromatic N) is 4. The Morgan fingerprint density at radius 2 is 2.11 bits per heavy atom. The molecule has 2 bridgehead atoms. The molecule has 4 N–H and O–H groups in total. The van der Waals surface area contributed by atoms with Gasteiger partial charge in [0.1, 0.15) is 30.0 Å². The van der Waals surface area contributed by atoms with Gasteiger partial charge in [0.2, 0.25) is 0 Å². The van der Waals surface area contributed by atoms with E-state index in [0.29, 0.717) is 30.9 Å². The minimum atomic E-state index is -2.90. The van der Waals surface area contributed by atoms with Gasteiger partial charge in [0, 0.05) is 31.8 Å². The number of aliphatic hydroxyl groups is 2. The maximum Gasteiger partial charge on any atom is 0.329 e. The van der Waals surface area contributed by atoms with Crippen LogP contribution >= 0.6 is 0 Å². The highest BCUT2D eigenvalue weighted by Gasteiger charge is 2.58. The zero-order valence-corrected chi connectivity index (χ0v) is 18.5. The van der Waals surface area contributed by atoms with Crippen molar-refractivity contribution >= 4 is 29.3 Å². The molecule has 4 heterocycles. The molecule has 1 saturated carbocycles. The summed E-state index contributed by atoms with van der Waals surface area (Å²) in [6.45, 7) is 0.722. The fraction of sp³-hybridized carbons (Fsp3) is 0.455. The molecule has 2 aromatic rings. The first-order valence-corrected chi connectivity index (χ1v) is 11.2. The summed E-state index contributed by atoms with van der Waals surface area (Å²) in [5.74, 6) is -2.83. The third-order valence-corrected chi connectivity index (χ3v) is 6.15. The minimum absolute atomic E-state index is 0.0530. The second-order valence-electron chi connectivity index (χ2n) is 8.74. The Morgan fingerprint density at radius 3 is 2.86 bits per heavy atom. The summed E-state index contributed by atoms with van der Waals surface area (Å²) >= 11 is 0. The number of fused-ring (bicyclic) bond motifs is 4. The number of alkyl halides is 2. The molecule has 186 valence electrons. The van der Waals surface area contributed by atoms with Crippen LogP contribution in [0.15, 0.2) is 30.5 Å². The van der Waals surface area contributed by atoms with Gasteiger partial charge < -0.3 is 25.2 Å². The number of pyridine rings is 2. The normalized spacial score (nSPS) is 22.3. The van der Waals surface area contributed by atoms with Crippen LogP contribution in [0.25, 0.3) is 0 Å². The lowest BCUT2D eigenvalue weighted by Crippen LogP contribution is -2.48. The summed E-state index contributed by atoms with van der Waals surface area (Å²) in [5.41, 5.74) is 0.618. The predicted octanol–water partition coefficient (Wildman–Crippen LogP) is 0.977. The van der Waals surface area contributed by atoms with Gasteiger partial charge in [0.25, 0.3) is 11.8 Å². The number of aliphatic hydroxyl groups excluding tert-OH is 2. The maximum atomic E-state index is 13.3. The molecule has 0 spiro atoms. The van der Waals surface area contributed by atoms with Crippen molar-refractivity contribution in [3.8, 4) is 5.75 Å². The maximum absolute atomic E-state index is 13.3. The fourth-order valence-electron chi connectivity index (χ4n) is 4.18. The van der Waals surface area contributed by atoms with Gasteiger partial charge in [-0.2, -0.15) is 0 Å². The average Bonchev–Trinajstić information content (AvgIpc) is 3.23. The number of nitrogens with one attached hydrogen (secondary N) is 2. The van der Waals surface area contributed by atoms with Crippen LogP contribution in [0.2, 0.25) is 0 Å². The molecule has 5 rings (SSSR count). The summed E-state index contributed by atoms with van der Waals surface area (Å²) in [5, 5.41) is 23.3. The Labute approximate surface area is 198 Å². The number of halogens is 2. The molecule has 2 unspecified atom stereocenters. The molecule has 2 fully saturated rings. The Balaban J connectivity index is 1.35. The molecule has 1 saturated heterocycles. The van der Waals surface area contributed by atoms with E-state index in [0.717, 1.165) is 0 Å². The van der Waals surface area contributed by atoms with Crippen LogP contribution < -0.4 is 25.2 Å². The van der Waals surface area contributed by atoms with Crippen LogP contribution in [0.3, 0.4) is 0 Å². The van der Waals surface area contributed by atoms with Crippen LogP contribution in [-0.4, -0.2) is 82.5 Å². The first-order chi connectivity index (χ1) is 16.7. The van der Waals surface area contributed by atoms with Crippen LogP contribution in [0.4, 0.5) is 30.9 Å². The van der Waals surface area contributed by atoms with Crippen molar-refractivity contribution in [2.75, 3.05) is 41.4 Å². The molecule has 1 aliphatic carbocycles. The van der Waals surface area contributed by atoms with Gasteiger partial charge in [-0.25, -0.2) is 23.5 Å². The zero-order valence-electron chi connectivity index (χ0n) is 18.5. The van der Waals surface area contributed by atoms with E-state index < -0.39 is 43.0 Å². The molecule has 35 heavy (non-hydrogen) atoms. The topological polar surface area (TPSA) is 140 Å². The van der Waals surface area contributed by atoms with E-state index >= 15 is 0 Å². The van der Waals surface area contributed by atoms with E-state index in [2.05, 4.69) is 25.5 Å². The molecule has 2 aromatic heterocycles. The van der Waals surface area contributed by atoms with Gasteiger partial charge >= 0.3 is 6.03 Å². The number of aromatic nitrogens is 2. The summed E-state index contributed by atoms with van der Waals surface area (Å²) in [4.78, 5) is 37.8. The van der Waals surface area contributed by atoms with Gasteiger partial charge in [-0.1, -0.05) is 0 Å². The third kappa shape index (κ3) is 4.68. The highest BCUT2D eigenvalue weighted by molar-refractivity contribution is 6.05. The van der Waals surface area contributed by atoms with Crippen molar-refractivity contribution < 1.29 is 33.3 Å². The molecule has 11 nitrogen and oxygen atoms in total. The van der Waals surface area contributed by atoms with E-state index in [1.807, 2.05) is 0 Å². The molecule has 3 atom stereocenters. The van der Waals surface area contributed by atoms with Gasteiger partial charge in [-0.05, 0) is 24.6 Å². The Bertz CT molecular complexity index is 1150. The van der Waals surface area contributed by atoms with Crippen molar-refractivity contribution in [1.29, 1.82) is 0 Å². The highest BCUT2D eigenvalue weighted by atomic mass is 19.3. The summed E-state index contributed by atoms with van der Waals surface area (Å²) in [6, 6.07) is 4.24. The molecular weight excluding hydrogens is 466 g/mol. The standard InChI is InChI=1S/C22H24F2N6O5/c23-22(24)8-17(22)27-20(33)15-1-2-16-19(26-15)30(12-4-6-29(16)9-12)21(34)28-18-7-14(3-5-25-18)35-11-13(32)10-31/h1-3,5,7,12-13,17,31-32H,4,6,8-11H2,(H,27,33)(H,25,28,34)/t12-,13?,17?/m0/s1. The molecular formula is C22H24F2N6O5. The zero-order chi connectivity index (χ0) is 24.7. The number of carbonyl (C=O) groups is 2. The van der Waals surface area contributed by atoms with E-state index in [1.165, 1.54) is 23.2 Å². The smallest absolute Gasteiger partial charge is 0.329 e. The van der Waals surface area contributed by atoms with E-state index in [9.17, 15) is 23.5 Å². The van der Waals surface area contributed by atoms with Crippen LogP contribution in [0, 0.1) is 0 Å². The first-order valence-electron chi connectivity index (χ1n) is 11.2.